The first-order chi connectivity index (χ1) is 9.19. The van der Waals surface area contributed by atoms with Crippen molar-refractivity contribution in [1.82, 2.24) is 9.97 Å². The highest BCUT2D eigenvalue weighted by Gasteiger charge is 2.08. The fraction of sp³-hybridized carbons (Fsp3) is 0.714. The summed E-state index contributed by atoms with van der Waals surface area (Å²) in [4.78, 5) is 8.49. The van der Waals surface area contributed by atoms with Crippen LogP contribution in [0.3, 0.4) is 0 Å². The van der Waals surface area contributed by atoms with E-state index < -0.39 is 0 Å². The molecule has 0 saturated heterocycles. The van der Waals surface area contributed by atoms with Crippen molar-refractivity contribution in [2.45, 2.75) is 46.1 Å². The molecule has 0 radical (unpaired) electrons. The van der Waals surface area contributed by atoms with E-state index in [0.29, 0.717) is 23.5 Å². The average molecular weight is 286 g/mol. The number of halogens is 1. The summed E-state index contributed by atoms with van der Waals surface area (Å²) in [5.74, 6) is 2.07. The zero-order chi connectivity index (χ0) is 14.1. The van der Waals surface area contributed by atoms with Gasteiger partial charge in [0.05, 0.1) is 0 Å². The molecule has 1 atom stereocenters. The van der Waals surface area contributed by atoms with Crippen LogP contribution in [-0.4, -0.2) is 23.6 Å². The normalized spacial score (nSPS) is 12.4. The number of nitrogens with one attached hydrogen (secondary N) is 1. The topological polar surface area (TPSA) is 47.0 Å². The molecule has 1 rings (SSSR count). The lowest BCUT2D eigenvalue weighted by Gasteiger charge is -2.16. The molecule has 0 saturated carbocycles. The van der Waals surface area contributed by atoms with E-state index in [9.17, 15) is 0 Å². The molecule has 108 valence electrons. The number of anilines is 1. The Bertz CT molecular complexity index is 374. The molecule has 1 aromatic rings. The van der Waals surface area contributed by atoms with E-state index in [-0.39, 0.29) is 0 Å². The summed E-state index contributed by atoms with van der Waals surface area (Å²) in [6.45, 7) is 5.76. The van der Waals surface area contributed by atoms with Gasteiger partial charge >= 0.3 is 0 Å². The highest BCUT2D eigenvalue weighted by Crippen LogP contribution is 2.16. The summed E-state index contributed by atoms with van der Waals surface area (Å²) >= 11 is 5.97. The van der Waals surface area contributed by atoms with Crippen molar-refractivity contribution >= 4 is 17.4 Å². The summed E-state index contributed by atoms with van der Waals surface area (Å²) in [5.41, 5.74) is 0. The number of aromatic nitrogens is 2. The predicted octanol–water partition coefficient (Wildman–Crippen LogP) is 3.90. The van der Waals surface area contributed by atoms with Crippen molar-refractivity contribution < 1.29 is 4.74 Å². The molecule has 1 heterocycles. The Morgan fingerprint density at radius 2 is 2.16 bits per heavy atom. The third-order valence-corrected chi connectivity index (χ3v) is 3.32. The number of nitrogens with zero attached hydrogens (tertiary/aromatic N) is 2. The first kappa shape index (κ1) is 16.2. The van der Waals surface area contributed by atoms with Gasteiger partial charge in [0.1, 0.15) is 17.6 Å². The Morgan fingerprint density at radius 1 is 1.37 bits per heavy atom. The van der Waals surface area contributed by atoms with Crippen molar-refractivity contribution in [3.8, 4) is 0 Å². The Labute approximate surface area is 120 Å². The maximum atomic E-state index is 5.97. The van der Waals surface area contributed by atoms with Gasteiger partial charge in [-0.05, 0) is 12.3 Å². The number of hydrogen-bond donors (Lipinski definition) is 1. The van der Waals surface area contributed by atoms with Crippen LogP contribution in [0.5, 0.6) is 0 Å². The summed E-state index contributed by atoms with van der Waals surface area (Å²) in [5, 5.41) is 3.80. The average Bonchev–Trinajstić information content (AvgIpc) is 2.39. The summed E-state index contributed by atoms with van der Waals surface area (Å²) in [6.07, 6.45) is 4.95. The van der Waals surface area contributed by atoms with Gasteiger partial charge in [0.25, 0.3) is 0 Å². The van der Waals surface area contributed by atoms with Crippen LogP contribution in [0.4, 0.5) is 5.82 Å². The number of hydrogen-bond acceptors (Lipinski definition) is 4. The van der Waals surface area contributed by atoms with E-state index in [4.69, 9.17) is 16.3 Å². The van der Waals surface area contributed by atoms with Gasteiger partial charge in [-0.3, -0.25) is 0 Å². The van der Waals surface area contributed by atoms with Gasteiger partial charge in [0.2, 0.25) is 0 Å². The van der Waals surface area contributed by atoms with Gasteiger partial charge in [-0.2, -0.15) is 0 Å². The molecular formula is C14H24ClN3O. The number of unbranched alkanes of at least 4 members (excludes halogenated alkanes) is 1. The van der Waals surface area contributed by atoms with Crippen LogP contribution in [-0.2, 0) is 11.3 Å². The third-order valence-electron chi connectivity index (χ3n) is 3.13. The van der Waals surface area contributed by atoms with Crippen LogP contribution in [0.2, 0.25) is 5.15 Å². The molecule has 4 nitrogen and oxygen atoms in total. The molecule has 0 aliphatic heterocycles. The lowest BCUT2D eigenvalue weighted by molar-refractivity contribution is 0.178. The van der Waals surface area contributed by atoms with E-state index in [1.165, 1.54) is 25.7 Å². The molecule has 0 aromatic carbocycles. The minimum Gasteiger partial charge on any atom is -0.377 e. The van der Waals surface area contributed by atoms with E-state index in [0.717, 1.165) is 12.4 Å². The highest BCUT2D eigenvalue weighted by molar-refractivity contribution is 6.29. The fourth-order valence-electron chi connectivity index (χ4n) is 1.94. The van der Waals surface area contributed by atoms with Gasteiger partial charge in [-0.1, -0.05) is 44.7 Å². The van der Waals surface area contributed by atoms with Crippen molar-refractivity contribution in [3.05, 3.63) is 17.0 Å². The molecule has 0 bridgehead atoms. The first-order valence-corrected chi connectivity index (χ1v) is 7.33. The zero-order valence-corrected chi connectivity index (χ0v) is 12.8. The third kappa shape index (κ3) is 6.21. The summed E-state index contributed by atoms with van der Waals surface area (Å²) in [7, 11) is 1.62. The Kier molecular flexibility index (Phi) is 7.75. The van der Waals surface area contributed by atoms with Gasteiger partial charge in [-0.25, -0.2) is 9.97 Å². The van der Waals surface area contributed by atoms with Crippen LogP contribution in [0.1, 0.15) is 45.4 Å². The second kappa shape index (κ2) is 9.10. The fourth-order valence-corrected chi connectivity index (χ4v) is 2.14. The molecule has 0 fully saturated rings. The quantitative estimate of drug-likeness (QED) is 0.699. The van der Waals surface area contributed by atoms with Crippen LogP contribution in [0.25, 0.3) is 0 Å². The predicted molar refractivity (Wildman–Crippen MR) is 79.6 cm³/mol. The monoisotopic (exact) mass is 285 g/mol. The van der Waals surface area contributed by atoms with Crippen LogP contribution in [0.15, 0.2) is 6.07 Å². The molecule has 0 amide bonds. The smallest absolute Gasteiger partial charge is 0.158 e. The van der Waals surface area contributed by atoms with Crippen molar-refractivity contribution in [3.63, 3.8) is 0 Å². The number of methoxy groups -OCH3 is 1. The Balaban J connectivity index is 2.55. The van der Waals surface area contributed by atoms with Crippen LogP contribution < -0.4 is 5.32 Å². The Morgan fingerprint density at radius 3 is 2.79 bits per heavy atom. The molecule has 0 spiro atoms. The van der Waals surface area contributed by atoms with E-state index in [1.54, 1.807) is 13.2 Å². The van der Waals surface area contributed by atoms with Crippen molar-refractivity contribution in [1.29, 1.82) is 0 Å². The molecule has 1 N–H and O–H groups in total. The number of ether oxygens (including phenoxy) is 1. The summed E-state index contributed by atoms with van der Waals surface area (Å²) < 4.78 is 5.03. The second-order valence-electron chi connectivity index (χ2n) is 4.72. The van der Waals surface area contributed by atoms with Gasteiger partial charge in [0, 0.05) is 19.7 Å². The largest absolute Gasteiger partial charge is 0.377 e. The standard InChI is InChI=1S/C14H24ClN3O/c1-4-6-7-11(5-2)9-16-13-8-12(15)17-14(18-13)10-19-3/h8,11H,4-7,9-10H2,1-3H3,(H,16,17,18). The molecule has 5 heteroatoms. The van der Waals surface area contributed by atoms with Crippen molar-refractivity contribution in [2.75, 3.05) is 19.0 Å². The lowest BCUT2D eigenvalue weighted by atomic mass is 9.99. The van der Waals surface area contributed by atoms with Crippen LogP contribution >= 0.6 is 11.6 Å². The van der Waals surface area contributed by atoms with E-state index in [2.05, 4.69) is 29.1 Å². The zero-order valence-electron chi connectivity index (χ0n) is 12.1. The summed E-state index contributed by atoms with van der Waals surface area (Å²) in [6, 6.07) is 1.76. The number of rotatable bonds is 9. The minimum absolute atomic E-state index is 0.377. The highest BCUT2D eigenvalue weighted by atomic mass is 35.5. The first-order valence-electron chi connectivity index (χ1n) is 6.95. The maximum absolute atomic E-state index is 5.97. The SMILES string of the molecule is CCCCC(CC)CNc1cc(Cl)nc(COC)n1. The van der Waals surface area contributed by atoms with E-state index >= 15 is 0 Å². The van der Waals surface area contributed by atoms with Gasteiger partial charge < -0.3 is 10.1 Å². The van der Waals surface area contributed by atoms with E-state index in [1.807, 2.05) is 0 Å². The van der Waals surface area contributed by atoms with Crippen LogP contribution in [0, 0.1) is 5.92 Å². The second-order valence-corrected chi connectivity index (χ2v) is 5.11. The molecule has 0 aliphatic rings. The maximum Gasteiger partial charge on any atom is 0.158 e. The van der Waals surface area contributed by atoms with Gasteiger partial charge in [-0.15, -0.1) is 0 Å². The molecular weight excluding hydrogens is 262 g/mol. The lowest BCUT2D eigenvalue weighted by Crippen LogP contribution is -2.15. The van der Waals surface area contributed by atoms with Gasteiger partial charge in [0.15, 0.2) is 5.82 Å². The van der Waals surface area contributed by atoms with Crippen molar-refractivity contribution in [2.24, 2.45) is 5.92 Å². The molecule has 19 heavy (non-hydrogen) atoms. The molecule has 1 unspecified atom stereocenters. The molecule has 0 aliphatic carbocycles. The minimum atomic E-state index is 0.377. The molecule has 1 aromatic heterocycles. The Hall–Kier alpha value is -0.870.